The molecule has 0 saturated carbocycles. The van der Waals surface area contributed by atoms with Crippen molar-refractivity contribution in [3.05, 3.63) is 28.5 Å². The van der Waals surface area contributed by atoms with Crippen molar-refractivity contribution in [2.75, 3.05) is 13.2 Å². The minimum Gasteiger partial charge on any atom is -0.381 e. The molecular weight excluding hydrogens is 440 g/mol. The van der Waals surface area contributed by atoms with E-state index in [9.17, 15) is 13.2 Å². The van der Waals surface area contributed by atoms with Crippen LogP contribution in [0.2, 0.25) is 5.02 Å². The van der Waals surface area contributed by atoms with Crippen molar-refractivity contribution in [3.63, 3.8) is 0 Å². The first-order chi connectivity index (χ1) is 14.2. The molecule has 0 radical (unpaired) electrons. The molecule has 1 saturated heterocycles. The van der Waals surface area contributed by atoms with E-state index in [1.165, 1.54) is 10.6 Å². The molecule has 3 heterocycles. The summed E-state index contributed by atoms with van der Waals surface area (Å²) in [6.45, 7) is 12.2. The highest BCUT2D eigenvalue weighted by Crippen LogP contribution is 2.32. The van der Waals surface area contributed by atoms with Crippen LogP contribution in [0.4, 0.5) is 0 Å². The molecule has 0 bridgehead atoms. The minimum absolute atomic E-state index is 0.0188. The summed E-state index contributed by atoms with van der Waals surface area (Å²) in [6.07, 6.45) is 2.93. The van der Waals surface area contributed by atoms with Crippen LogP contribution < -0.4 is 10.0 Å². The second-order valence-electron chi connectivity index (χ2n) is 9.99. The lowest BCUT2D eigenvalue weighted by Crippen LogP contribution is -2.41. The van der Waals surface area contributed by atoms with E-state index in [1.54, 1.807) is 26.8 Å². The zero-order valence-corrected chi connectivity index (χ0v) is 20.4. The van der Waals surface area contributed by atoms with E-state index in [1.807, 2.05) is 20.8 Å². The number of carbonyl (C=O) groups excluding carboxylic acids is 1. The second kappa shape index (κ2) is 8.35. The Morgan fingerprint density at radius 1 is 1.19 bits per heavy atom. The Labute approximate surface area is 188 Å². The van der Waals surface area contributed by atoms with Crippen molar-refractivity contribution in [2.45, 2.75) is 76.4 Å². The standard InChI is InChI=1S/C21H31ClN4O4S/c1-20(2,3)17-19(31(28,29)25-21(4,5)6)26-12-15(22)14(11-16(26)24-17)18(27)23-13-7-9-30-10-8-13/h11-13,25H,7-10H2,1-6H3,(H,23,27). The van der Waals surface area contributed by atoms with Gasteiger partial charge in [-0.15, -0.1) is 0 Å². The quantitative estimate of drug-likeness (QED) is 0.714. The van der Waals surface area contributed by atoms with Crippen LogP contribution in [-0.4, -0.2) is 48.5 Å². The van der Waals surface area contributed by atoms with Gasteiger partial charge in [0.15, 0.2) is 5.03 Å². The van der Waals surface area contributed by atoms with Crippen molar-refractivity contribution < 1.29 is 17.9 Å². The number of aromatic nitrogens is 2. The molecule has 0 unspecified atom stereocenters. The number of nitrogens with zero attached hydrogens (tertiary/aromatic N) is 2. The number of imidazole rings is 1. The topological polar surface area (TPSA) is 102 Å². The SMILES string of the molecule is CC(C)(C)NS(=O)(=O)c1c(C(C)(C)C)nc2cc(C(=O)NC3CCOCC3)c(Cl)cn12. The Morgan fingerprint density at radius 3 is 2.35 bits per heavy atom. The maximum atomic E-state index is 13.3. The Hall–Kier alpha value is -1.68. The van der Waals surface area contributed by atoms with Gasteiger partial charge in [0, 0.05) is 36.4 Å². The van der Waals surface area contributed by atoms with Crippen LogP contribution in [0.1, 0.15) is 70.4 Å². The lowest BCUT2D eigenvalue weighted by atomic mass is 9.93. The highest BCUT2D eigenvalue weighted by molar-refractivity contribution is 7.89. The van der Waals surface area contributed by atoms with Crippen LogP contribution in [0.25, 0.3) is 5.65 Å². The Kier molecular flexibility index (Phi) is 6.46. The molecule has 2 aromatic rings. The summed E-state index contributed by atoms with van der Waals surface area (Å²) in [4.78, 5) is 17.4. The number of halogens is 1. The fraction of sp³-hybridized carbons (Fsp3) is 0.619. The average Bonchev–Trinajstić information content (AvgIpc) is 2.99. The molecule has 1 amide bonds. The summed E-state index contributed by atoms with van der Waals surface area (Å²) in [5.41, 5.74) is -0.210. The van der Waals surface area contributed by atoms with E-state index in [0.29, 0.717) is 24.6 Å². The fourth-order valence-corrected chi connectivity index (χ4v) is 5.67. The molecule has 10 heteroatoms. The molecule has 1 aliphatic heterocycles. The molecule has 31 heavy (non-hydrogen) atoms. The van der Waals surface area contributed by atoms with Crippen LogP contribution in [0.5, 0.6) is 0 Å². The summed E-state index contributed by atoms with van der Waals surface area (Å²) in [5.74, 6) is -0.308. The minimum atomic E-state index is -3.91. The van der Waals surface area contributed by atoms with Gasteiger partial charge in [-0.25, -0.2) is 18.1 Å². The summed E-state index contributed by atoms with van der Waals surface area (Å²) in [6, 6.07) is 1.56. The number of sulfonamides is 1. The second-order valence-corrected chi connectivity index (χ2v) is 12.0. The summed E-state index contributed by atoms with van der Waals surface area (Å²) in [5, 5.41) is 3.17. The van der Waals surface area contributed by atoms with Gasteiger partial charge in [0.05, 0.1) is 16.3 Å². The van der Waals surface area contributed by atoms with Crippen molar-refractivity contribution in [2.24, 2.45) is 0 Å². The van der Waals surface area contributed by atoms with E-state index in [2.05, 4.69) is 15.0 Å². The van der Waals surface area contributed by atoms with Crippen LogP contribution >= 0.6 is 11.6 Å². The molecule has 0 aromatic carbocycles. The number of nitrogens with one attached hydrogen (secondary N) is 2. The van der Waals surface area contributed by atoms with E-state index in [4.69, 9.17) is 16.3 Å². The molecule has 2 N–H and O–H groups in total. The van der Waals surface area contributed by atoms with Gasteiger partial charge in [-0.3, -0.25) is 9.20 Å². The number of rotatable bonds is 4. The van der Waals surface area contributed by atoms with Gasteiger partial charge in [-0.05, 0) is 39.7 Å². The highest BCUT2D eigenvalue weighted by Gasteiger charge is 2.34. The maximum absolute atomic E-state index is 13.3. The van der Waals surface area contributed by atoms with Gasteiger partial charge >= 0.3 is 0 Å². The van der Waals surface area contributed by atoms with Gasteiger partial charge in [0.2, 0.25) is 0 Å². The number of hydrogen-bond acceptors (Lipinski definition) is 5. The first kappa shape index (κ1) is 24.0. The molecule has 1 aliphatic rings. The Morgan fingerprint density at radius 2 is 1.81 bits per heavy atom. The van der Waals surface area contributed by atoms with Crippen molar-refractivity contribution in [1.82, 2.24) is 19.4 Å². The number of ether oxygens (including phenoxy) is 1. The van der Waals surface area contributed by atoms with E-state index >= 15 is 0 Å². The smallest absolute Gasteiger partial charge is 0.258 e. The third-order valence-corrected chi connectivity index (χ3v) is 6.96. The number of hydrogen-bond donors (Lipinski definition) is 2. The number of carbonyl (C=O) groups is 1. The maximum Gasteiger partial charge on any atom is 0.258 e. The lowest BCUT2D eigenvalue weighted by molar-refractivity contribution is 0.0696. The van der Waals surface area contributed by atoms with Gasteiger partial charge in [-0.2, -0.15) is 0 Å². The highest BCUT2D eigenvalue weighted by atomic mass is 35.5. The molecule has 0 aliphatic carbocycles. The molecule has 0 atom stereocenters. The van der Waals surface area contributed by atoms with Crippen molar-refractivity contribution in [3.8, 4) is 0 Å². The van der Waals surface area contributed by atoms with E-state index in [0.717, 1.165) is 12.8 Å². The van der Waals surface area contributed by atoms with E-state index in [-0.39, 0.29) is 27.6 Å². The Balaban J connectivity index is 2.11. The van der Waals surface area contributed by atoms with Crippen LogP contribution in [-0.2, 0) is 20.2 Å². The number of pyridine rings is 1. The van der Waals surface area contributed by atoms with Gasteiger partial charge in [0.1, 0.15) is 5.65 Å². The predicted octanol–water partition coefficient (Wildman–Crippen LogP) is 3.27. The van der Waals surface area contributed by atoms with Crippen LogP contribution in [0.3, 0.4) is 0 Å². The van der Waals surface area contributed by atoms with Crippen molar-refractivity contribution in [1.29, 1.82) is 0 Å². The largest absolute Gasteiger partial charge is 0.381 e. The summed E-state index contributed by atoms with van der Waals surface area (Å²) < 4.78 is 36.0. The first-order valence-corrected chi connectivity index (χ1v) is 12.2. The third-order valence-electron chi connectivity index (χ3n) is 4.87. The Bertz CT molecular complexity index is 1090. The molecule has 172 valence electrons. The monoisotopic (exact) mass is 470 g/mol. The molecule has 2 aromatic heterocycles. The molecular formula is C21H31ClN4O4S. The average molecular weight is 471 g/mol. The van der Waals surface area contributed by atoms with Crippen LogP contribution in [0, 0.1) is 0 Å². The lowest BCUT2D eigenvalue weighted by Gasteiger charge is -2.23. The van der Waals surface area contributed by atoms with Crippen LogP contribution in [0.15, 0.2) is 17.3 Å². The fourth-order valence-electron chi connectivity index (χ4n) is 3.52. The number of amides is 1. The molecule has 3 rings (SSSR count). The normalized spacial score (nSPS) is 16.6. The molecule has 0 spiro atoms. The van der Waals surface area contributed by atoms with Gasteiger partial charge in [-0.1, -0.05) is 32.4 Å². The van der Waals surface area contributed by atoms with Crippen molar-refractivity contribution >= 4 is 33.2 Å². The summed E-state index contributed by atoms with van der Waals surface area (Å²) in [7, 11) is -3.91. The van der Waals surface area contributed by atoms with Gasteiger partial charge < -0.3 is 10.1 Å². The number of fused-ring (bicyclic) bond motifs is 1. The molecule has 1 fully saturated rings. The van der Waals surface area contributed by atoms with E-state index < -0.39 is 21.0 Å². The third kappa shape index (κ3) is 5.39. The zero-order chi connectivity index (χ0) is 23.2. The molecule has 8 nitrogen and oxygen atoms in total. The zero-order valence-electron chi connectivity index (χ0n) is 18.9. The first-order valence-electron chi connectivity index (χ1n) is 10.3. The van der Waals surface area contributed by atoms with Gasteiger partial charge in [0.25, 0.3) is 15.9 Å². The summed E-state index contributed by atoms with van der Waals surface area (Å²) >= 11 is 6.45. The predicted molar refractivity (Wildman–Crippen MR) is 120 cm³/mol.